The average molecular weight is 284 g/mol. The smallest absolute Gasteiger partial charge is 0.249 e. The second kappa shape index (κ2) is 5.21. The molecule has 0 saturated heterocycles. The first-order valence-corrected chi connectivity index (χ1v) is 7.44. The Bertz CT molecular complexity index is 682. The van der Waals surface area contributed by atoms with E-state index >= 15 is 0 Å². The van der Waals surface area contributed by atoms with E-state index in [0.717, 1.165) is 16.2 Å². The van der Waals surface area contributed by atoms with E-state index in [1.54, 1.807) is 30.0 Å². The van der Waals surface area contributed by atoms with Crippen LogP contribution in [0.2, 0.25) is 0 Å². The van der Waals surface area contributed by atoms with Crippen LogP contribution in [0.5, 0.6) is 0 Å². The summed E-state index contributed by atoms with van der Waals surface area (Å²) in [4.78, 5) is 13.4. The lowest BCUT2D eigenvalue weighted by atomic mass is 10.1. The monoisotopic (exact) mass is 284 g/mol. The minimum absolute atomic E-state index is 0.423. The molecule has 0 radical (unpaired) electrons. The SMILES string of the molecule is NC(=O)c1ccc(N)cc1Sc1ccc2c(c1)CCC2. The Kier molecular flexibility index (Phi) is 3.40. The molecule has 3 rings (SSSR count). The van der Waals surface area contributed by atoms with E-state index in [1.807, 2.05) is 0 Å². The second-order valence-corrected chi connectivity index (χ2v) is 6.12. The van der Waals surface area contributed by atoms with Gasteiger partial charge in [0.25, 0.3) is 0 Å². The van der Waals surface area contributed by atoms with Gasteiger partial charge in [0.2, 0.25) is 5.91 Å². The van der Waals surface area contributed by atoms with Crippen LogP contribution >= 0.6 is 11.8 Å². The molecule has 0 aliphatic heterocycles. The van der Waals surface area contributed by atoms with Gasteiger partial charge in [-0.2, -0.15) is 0 Å². The molecule has 0 unspecified atom stereocenters. The maximum atomic E-state index is 11.5. The Morgan fingerprint density at radius 1 is 1.05 bits per heavy atom. The van der Waals surface area contributed by atoms with Crippen molar-refractivity contribution in [3.05, 3.63) is 53.1 Å². The molecular weight excluding hydrogens is 268 g/mol. The molecule has 4 N–H and O–H groups in total. The van der Waals surface area contributed by atoms with Gasteiger partial charge in [0.15, 0.2) is 0 Å². The summed E-state index contributed by atoms with van der Waals surface area (Å²) >= 11 is 1.54. The summed E-state index contributed by atoms with van der Waals surface area (Å²) in [6, 6.07) is 11.7. The van der Waals surface area contributed by atoms with E-state index in [-0.39, 0.29) is 0 Å². The Balaban J connectivity index is 1.95. The second-order valence-electron chi connectivity index (χ2n) is 5.01. The Morgan fingerprint density at radius 3 is 2.65 bits per heavy atom. The van der Waals surface area contributed by atoms with Gasteiger partial charge in [0, 0.05) is 15.5 Å². The van der Waals surface area contributed by atoms with Gasteiger partial charge < -0.3 is 11.5 Å². The van der Waals surface area contributed by atoms with Gasteiger partial charge in [0.1, 0.15) is 0 Å². The van der Waals surface area contributed by atoms with Crippen molar-refractivity contribution in [1.82, 2.24) is 0 Å². The van der Waals surface area contributed by atoms with Crippen molar-refractivity contribution in [3.63, 3.8) is 0 Å². The van der Waals surface area contributed by atoms with Gasteiger partial charge in [0.05, 0.1) is 5.56 Å². The molecule has 4 heteroatoms. The van der Waals surface area contributed by atoms with Crippen LogP contribution in [0, 0.1) is 0 Å². The molecule has 2 aromatic carbocycles. The van der Waals surface area contributed by atoms with Gasteiger partial charge in [-0.25, -0.2) is 0 Å². The number of amides is 1. The average Bonchev–Trinajstić information content (AvgIpc) is 2.85. The molecule has 1 amide bonds. The van der Waals surface area contributed by atoms with Crippen LogP contribution in [0.1, 0.15) is 27.9 Å². The molecule has 3 nitrogen and oxygen atoms in total. The number of carbonyl (C=O) groups excluding carboxylic acids is 1. The predicted octanol–water partition coefficient (Wildman–Crippen LogP) is 3.01. The topological polar surface area (TPSA) is 69.1 Å². The minimum atomic E-state index is -0.423. The lowest BCUT2D eigenvalue weighted by Crippen LogP contribution is -2.12. The summed E-state index contributed by atoms with van der Waals surface area (Å²) < 4.78 is 0. The normalized spacial score (nSPS) is 13.2. The number of nitrogen functional groups attached to an aromatic ring is 1. The predicted molar refractivity (Wildman–Crippen MR) is 82.0 cm³/mol. The first-order valence-electron chi connectivity index (χ1n) is 6.62. The Morgan fingerprint density at radius 2 is 1.85 bits per heavy atom. The van der Waals surface area contributed by atoms with Crippen LogP contribution in [0.25, 0.3) is 0 Å². The highest BCUT2D eigenvalue weighted by Gasteiger charge is 2.13. The van der Waals surface area contributed by atoms with E-state index in [0.29, 0.717) is 11.3 Å². The van der Waals surface area contributed by atoms with Crippen molar-refractivity contribution in [1.29, 1.82) is 0 Å². The van der Waals surface area contributed by atoms with Crippen molar-refractivity contribution in [2.45, 2.75) is 29.1 Å². The van der Waals surface area contributed by atoms with E-state index < -0.39 is 5.91 Å². The van der Waals surface area contributed by atoms with Gasteiger partial charge in [-0.15, -0.1) is 0 Å². The third-order valence-corrected chi connectivity index (χ3v) is 4.62. The summed E-state index contributed by atoms with van der Waals surface area (Å²) in [5, 5.41) is 0. The van der Waals surface area contributed by atoms with Gasteiger partial charge in [-0.1, -0.05) is 17.8 Å². The molecule has 0 fully saturated rings. The minimum Gasteiger partial charge on any atom is -0.399 e. The standard InChI is InChI=1S/C16H16N2OS/c17-12-5-7-14(16(18)19)15(9-12)20-13-6-4-10-2-1-3-11(10)8-13/h4-9H,1-3,17H2,(H2,18,19). The van der Waals surface area contributed by atoms with Crippen molar-refractivity contribution < 1.29 is 4.79 Å². The maximum absolute atomic E-state index is 11.5. The van der Waals surface area contributed by atoms with E-state index in [2.05, 4.69) is 18.2 Å². The van der Waals surface area contributed by atoms with E-state index in [1.165, 1.54) is 24.0 Å². The number of hydrogen-bond donors (Lipinski definition) is 2. The highest BCUT2D eigenvalue weighted by Crippen LogP contribution is 2.34. The highest BCUT2D eigenvalue weighted by atomic mass is 32.2. The summed E-state index contributed by atoms with van der Waals surface area (Å²) in [6.45, 7) is 0. The van der Waals surface area contributed by atoms with Crippen LogP contribution in [-0.4, -0.2) is 5.91 Å². The molecule has 0 bridgehead atoms. The first kappa shape index (κ1) is 13.1. The molecule has 0 aromatic heterocycles. The van der Waals surface area contributed by atoms with Gasteiger partial charge >= 0.3 is 0 Å². The third-order valence-electron chi connectivity index (χ3n) is 3.57. The summed E-state index contributed by atoms with van der Waals surface area (Å²) in [5.74, 6) is -0.423. The molecule has 2 aromatic rings. The molecule has 0 spiro atoms. The van der Waals surface area contributed by atoms with Gasteiger partial charge in [-0.05, 0) is 60.7 Å². The molecule has 1 aliphatic carbocycles. The first-order chi connectivity index (χ1) is 9.63. The van der Waals surface area contributed by atoms with Crippen LogP contribution in [-0.2, 0) is 12.8 Å². The molecule has 0 heterocycles. The zero-order valence-corrected chi connectivity index (χ0v) is 11.9. The van der Waals surface area contributed by atoms with Crippen LogP contribution < -0.4 is 11.5 Å². The highest BCUT2D eigenvalue weighted by molar-refractivity contribution is 7.99. The quantitative estimate of drug-likeness (QED) is 0.851. The molecular formula is C16H16N2OS. The number of rotatable bonds is 3. The fourth-order valence-electron chi connectivity index (χ4n) is 2.57. The lowest BCUT2D eigenvalue weighted by Gasteiger charge is -2.09. The van der Waals surface area contributed by atoms with Crippen molar-refractivity contribution in [2.24, 2.45) is 5.73 Å². The number of fused-ring (bicyclic) bond motifs is 1. The van der Waals surface area contributed by atoms with E-state index in [4.69, 9.17) is 11.5 Å². The number of anilines is 1. The number of hydrogen-bond acceptors (Lipinski definition) is 3. The number of benzene rings is 2. The third kappa shape index (κ3) is 2.51. The molecule has 1 aliphatic rings. The van der Waals surface area contributed by atoms with Crippen LogP contribution in [0.3, 0.4) is 0 Å². The van der Waals surface area contributed by atoms with Crippen molar-refractivity contribution >= 4 is 23.4 Å². The summed E-state index contributed by atoms with van der Waals surface area (Å²) in [6.07, 6.45) is 3.54. The number of carbonyl (C=O) groups is 1. The fraction of sp³-hybridized carbons (Fsp3) is 0.188. The zero-order chi connectivity index (χ0) is 14.1. The summed E-state index contributed by atoms with van der Waals surface area (Å²) in [5.41, 5.74) is 15.2. The van der Waals surface area contributed by atoms with Crippen molar-refractivity contribution in [2.75, 3.05) is 5.73 Å². The largest absolute Gasteiger partial charge is 0.399 e. The van der Waals surface area contributed by atoms with Crippen LogP contribution in [0.15, 0.2) is 46.2 Å². The zero-order valence-electron chi connectivity index (χ0n) is 11.1. The molecule has 102 valence electrons. The molecule has 0 atom stereocenters. The van der Waals surface area contributed by atoms with Crippen molar-refractivity contribution in [3.8, 4) is 0 Å². The van der Waals surface area contributed by atoms with Crippen LogP contribution in [0.4, 0.5) is 5.69 Å². The number of nitrogens with two attached hydrogens (primary N) is 2. The lowest BCUT2D eigenvalue weighted by molar-refractivity contribution is 0.0997. The molecule has 20 heavy (non-hydrogen) atoms. The number of aryl methyl sites for hydroxylation is 2. The fourth-order valence-corrected chi connectivity index (χ4v) is 3.63. The maximum Gasteiger partial charge on any atom is 0.249 e. The Labute approximate surface area is 122 Å². The van der Waals surface area contributed by atoms with E-state index in [9.17, 15) is 4.79 Å². The van der Waals surface area contributed by atoms with Gasteiger partial charge in [-0.3, -0.25) is 4.79 Å². The Hall–Kier alpha value is -1.94. The molecule has 0 saturated carbocycles. The number of primary amides is 1. The summed E-state index contributed by atoms with van der Waals surface area (Å²) in [7, 11) is 0.